The molecule has 0 atom stereocenters. The average molecular weight is 282 g/mol. The third-order valence-electron chi connectivity index (χ3n) is 3.82. The number of benzene rings is 1. The average Bonchev–Trinajstić information content (AvgIpc) is 3.11. The van der Waals surface area contributed by atoms with Crippen molar-refractivity contribution in [2.24, 2.45) is 7.05 Å². The van der Waals surface area contributed by atoms with Gasteiger partial charge in [-0.25, -0.2) is 9.78 Å². The maximum Gasteiger partial charge on any atom is 0.335 e. The number of hydrogen-bond donors (Lipinski definition) is 1. The summed E-state index contributed by atoms with van der Waals surface area (Å²) < 4.78 is 3.84. The highest BCUT2D eigenvalue weighted by atomic mass is 16.4. The van der Waals surface area contributed by atoms with Crippen LogP contribution in [0.3, 0.4) is 0 Å². The molecule has 0 radical (unpaired) electrons. The van der Waals surface area contributed by atoms with Crippen molar-refractivity contribution in [1.82, 2.24) is 19.3 Å². The monoisotopic (exact) mass is 282 g/mol. The van der Waals surface area contributed by atoms with Crippen molar-refractivity contribution in [2.45, 2.75) is 18.8 Å². The van der Waals surface area contributed by atoms with Crippen LogP contribution in [-0.2, 0) is 7.05 Å². The summed E-state index contributed by atoms with van der Waals surface area (Å²) in [6.07, 6.45) is 6.01. The Bertz CT molecular complexity index is 858. The lowest BCUT2D eigenvalue weighted by Crippen LogP contribution is -1.99. The quantitative estimate of drug-likeness (QED) is 0.800. The Labute approximate surface area is 120 Å². The number of rotatable bonds is 3. The number of aromatic nitrogens is 4. The summed E-state index contributed by atoms with van der Waals surface area (Å²) in [5.74, 6) is 0.534. The number of fused-ring (bicyclic) bond motifs is 1. The molecular formula is C15H14N4O2. The fraction of sp³-hybridized carbons (Fsp3) is 0.267. The summed E-state index contributed by atoms with van der Waals surface area (Å²) in [5, 5.41) is 13.3. The minimum absolute atomic E-state index is 0.265. The summed E-state index contributed by atoms with van der Waals surface area (Å²) in [6.45, 7) is 0. The summed E-state index contributed by atoms with van der Waals surface area (Å²) >= 11 is 0. The summed E-state index contributed by atoms with van der Waals surface area (Å²) in [7, 11) is 1.88. The van der Waals surface area contributed by atoms with Gasteiger partial charge in [-0.1, -0.05) is 0 Å². The summed E-state index contributed by atoms with van der Waals surface area (Å²) in [4.78, 5) is 15.8. The molecule has 1 saturated carbocycles. The molecule has 0 saturated heterocycles. The van der Waals surface area contributed by atoms with Gasteiger partial charge < -0.3 is 5.11 Å². The number of carbonyl (C=O) groups is 1. The number of carboxylic acid groups (broad SMARTS) is 1. The van der Waals surface area contributed by atoms with Gasteiger partial charge in [-0.2, -0.15) is 5.10 Å². The molecule has 0 spiro atoms. The van der Waals surface area contributed by atoms with Gasteiger partial charge in [0.2, 0.25) is 0 Å². The summed E-state index contributed by atoms with van der Waals surface area (Å²) in [6, 6.07) is 5.08. The van der Waals surface area contributed by atoms with Crippen LogP contribution in [0.25, 0.3) is 16.7 Å². The molecule has 0 unspecified atom stereocenters. The smallest absolute Gasteiger partial charge is 0.335 e. The first-order chi connectivity index (χ1) is 10.1. The Morgan fingerprint density at radius 2 is 2.19 bits per heavy atom. The van der Waals surface area contributed by atoms with Crippen LogP contribution in [-0.4, -0.2) is 30.4 Å². The molecule has 1 aromatic carbocycles. The van der Waals surface area contributed by atoms with Gasteiger partial charge in [0, 0.05) is 19.2 Å². The Morgan fingerprint density at radius 1 is 1.38 bits per heavy atom. The van der Waals surface area contributed by atoms with Gasteiger partial charge in [-0.15, -0.1) is 0 Å². The first kappa shape index (κ1) is 12.1. The molecule has 1 aliphatic rings. The van der Waals surface area contributed by atoms with Gasteiger partial charge in [-0.05, 0) is 31.0 Å². The number of aryl methyl sites for hydroxylation is 1. The second-order valence-corrected chi connectivity index (χ2v) is 5.46. The first-order valence-corrected chi connectivity index (χ1v) is 6.88. The molecule has 1 fully saturated rings. The van der Waals surface area contributed by atoms with E-state index in [0.717, 1.165) is 35.4 Å². The number of aromatic carboxylic acids is 1. The Balaban J connectivity index is 1.98. The Hall–Kier alpha value is -2.63. The molecule has 0 bridgehead atoms. The lowest BCUT2D eigenvalue weighted by molar-refractivity contribution is 0.0697. The fourth-order valence-electron chi connectivity index (χ4n) is 2.64. The van der Waals surface area contributed by atoms with Crippen molar-refractivity contribution in [2.75, 3.05) is 0 Å². The highest BCUT2D eigenvalue weighted by Crippen LogP contribution is 2.41. The third kappa shape index (κ3) is 1.91. The highest BCUT2D eigenvalue weighted by Gasteiger charge is 2.30. The van der Waals surface area contributed by atoms with Gasteiger partial charge >= 0.3 is 5.97 Å². The predicted molar refractivity (Wildman–Crippen MR) is 76.8 cm³/mol. The molecule has 2 aromatic heterocycles. The van der Waals surface area contributed by atoms with Crippen molar-refractivity contribution in [1.29, 1.82) is 0 Å². The largest absolute Gasteiger partial charge is 0.478 e. The molecule has 106 valence electrons. The van der Waals surface area contributed by atoms with E-state index in [9.17, 15) is 4.79 Å². The normalized spacial score (nSPS) is 14.7. The second kappa shape index (κ2) is 4.18. The molecule has 0 aliphatic heterocycles. The molecule has 1 aliphatic carbocycles. The van der Waals surface area contributed by atoms with E-state index in [1.165, 1.54) is 0 Å². The maximum absolute atomic E-state index is 11.1. The van der Waals surface area contributed by atoms with Crippen LogP contribution >= 0.6 is 0 Å². The summed E-state index contributed by atoms with van der Waals surface area (Å²) in [5.41, 5.74) is 2.88. The van der Waals surface area contributed by atoms with E-state index in [-0.39, 0.29) is 5.56 Å². The van der Waals surface area contributed by atoms with Gasteiger partial charge in [0.15, 0.2) is 0 Å². The van der Waals surface area contributed by atoms with Gasteiger partial charge in [0.05, 0.1) is 28.5 Å². The van der Waals surface area contributed by atoms with E-state index in [2.05, 4.69) is 14.6 Å². The molecule has 2 heterocycles. The zero-order valence-electron chi connectivity index (χ0n) is 11.5. The molecule has 1 N–H and O–H groups in total. The zero-order valence-corrected chi connectivity index (χ0v) is 11.5. The molecule has 6 nitrogen and oxygen atoms in total. The van der Waals surface area contributed by atoms with Crippen LogP contribution in [0.2, 0.25) is 0 Å². The second-order valence-electron chi connectivity index (χ2n) is 5.46. The van der Waals surface area contributed by atoms with Gasteiger partial charge in [-0.3, -0.25) is 9.25 Å². The van der Waals surface area contributed by atoms with Gasteiger partial charge in [0.25, 0.3) is 0 Å². The number of imidazole rings is 1. The topological polar surface area (TPSA) is 72.9 Å². The highest BCUT2D eigenvalue weighted by molar-refractivity contribution is 5.92. The van der Waals surface area contributed by atoms with Gasteiger partial charge in [0.1, 0.15) is 5.82 Å². The van der Waals surface area contributed by atoms with E-state index < -0.39 is 5.97 Å². The van der Waals surface area contributed by atoms with E-state index >= 15 is 0 Å². The molecular weight excluding hydrogens is 268 g/mol. The van der Waals surface area contributed by atoms with Crippen LogP contribution < -0.4 is 0 Å². The Kier molecular flexibility index (Phi) is 2.42. The lowest BCUT2D eigenvalue weighted by Gasteiger charge is -2.05. The van der Waals surface area contributed by atoms with Crippen LogP contribution in [0.4, 0.5) is 0 Å². The Morgan fingerprint density at radius 3 is 2.81 bits per heavy atom. The third-order valence-corrected chi connectivity index (χ3v) is 3.82. The maximum atomic E-state index is 11.1. The SMILES string of the molecule is Cn1cc(-n2c(C3CC3)nc3cc(C(=O)O)ccc32)cn1. The molecule has 21 heavy (non-hydrogen) atoms. The van der Waals surface area contributed by atoms with Crippen molar-refractivity contribution in [3.8, 4) is 5.69 Å². The lowest BCUT2D eigenvalue weighted by atomic mass is 10.2. The van der Waals surface area contributed by atoms with E-state index in [4.69, 9.17) is 5.11 Å². The van der Waals surface area contributed by atoms with Crippen molar-refractivity contribution >= 4 is 17.0 Å². The zero-order chi connectivity index (χ0) is 14.6. The molecule has 0 amide bonds. The molecule has 3 aromatic rings. The number of hydrogen-bond acceptors (Lipinski definition) is 3. The van der Waals surface area contributed by atoms with Crippen LogP contribution in [0.15, 0.2) is 30.6 Å². The van der Waals surface area contributed by atoms with E-state index in [1.807, 2.05) is 19.3 Å². The van der Waals surface area contributed by atoms with E-state index in [1.54, 1.807) is 23.0 Å². The minimum atomic E-state index is -0.930. The predicted octanol–water partition coefficient (Wildman–Crippen LogP) is 2.33. The first-order valence-electron chi connectivity index (χ1n) is 6.88. The number of carboxylic acids is 1. The van der Waals surface area contributed by atoms with E-state index in [0.29, 0.717) is 5.92 Å². The van der Waals surface area contributed by atoms with Crippen molar-refractivity contribution in [3.05, 3.63) is 42.0 Å². The van der Waals surface area contributed by atoms with Crippen LogP contribution in [0, 0.1) is 0 Å². The van der Waals surface area contributed by atoms with Crippen LogP contribution in [0.1, 0.15) is 34.9 Å². The molecule has 6 heteroatoms. The van der Waals surface area contributed by atoms with Crippen LogP contribution in [0.5, 0.6) is 0 Å². The molecule has 4 rings (SSSR count). The standard InChI is InChI=1S/C15H14N4O2/c1-18-8-11(7-16-18)19-13-5-4-10(15(20)21)6-12(13)17-14(19)9-2-3-9/h4-9H,2-3H2,1H3,(H,20,21). The van der Waals surface area contributed by atoms with Crippen molar-refractivity contribution in [3.63, 3.8) is 0 Å². The van der Waals surface area contributed by atoms with Crippen molar-refractivity contribution < 1.29 is 9.90 Å². The number of nitrogens with zero attached hydrogens (tertiary/aromatic N) is 4. The fourth-order valence-corrected chi connectivity index (χ4v) is 2.64. The minimum Gasteiger partial charge on any atom is -0.478 e.